The van der Waals surface area contributed by atoms with E-state index >= 15 is 0 Å². The number of aryl methyl sites for hydroxylation is 2. The van der Waals surface area contributed by atoms with E-state index in [1.807, 2.05) is 86.9 Å². The van der Waals surface area contributed by atoms with Gasteiger partial charge < -0.3 is 34.8 Å². The second kappa shape index (κ2) is 38.9. The number of nitrogens with zero attached hydrogens (tertiary/aromatic N) is 2. The zero-order valence-electron chi connectivity index (χ0n) is 53.0. The van der Waals surface area contributed by atoms with Crippen molar-refractivity contribution in [3.63, 3.8) is 0 Å². The summed E-state index contributed by atoms with van der Waals surface area (Å²) in [6.45, 7) is 0. The fourth-order valence-corrected chi connectivity index (χ4v) is 24.6. The molecule has 0 bridgehead atoms. The third-order valence-corrected chi connectivity index (χ3v) is 29.1. The smallest absolute Gasteiger partial charge is 0.366 e. The van der Waals surface area contributed by atoms with Gasteiger partial charge in [-0.15, -0.1) is 70.8 Å². The molecule has 0 radical (unpaired) electrons. The molecule has 14 aromatic rings. The molecule has 0 spiro atoms. The Bertz CT molecular complexity index is 4110. The topological polar surface area (TPSA) is 9.86 Å². The molecule has 0 unspecified atom stereocenters. The van der Waals surface area contributed by atoms with Gasteiger partial charge >= 0.3 is 89.5 Å². The molecule has 0 saturated carbocycles. The molecule has 14 rings (SSSR count). The predicted octanol–water partition coefficient (Wildman–Crippen LogP) is 15.8. The maximum Gasteiger partial charge on any atom is 1.00 e. The van der Waals surface area contributed by atoms with Crippen LogP contribution in [0.2, 0.25) is 0 Å². The van der Waals surface area contributed by atoms with Gasteiger partial charge in [-0.2, -0.15) is 0 Å². The quantitative estimate of drug-likeness (QED) is 0.0444. The summed E-state index contributed by atoms with van der Waals surface area (Å²) in [6, 6.07) is 112. The SMILES string of the molecule is [Au+].[Au+].[Au+].[Au+].[C-]#Cc1ccc2c3ccc(C#[C-])cc3n(C)c2c1.[C-]#Cc1ccc2c3ccc(C#[C-])cc3n(C)c2c1.c1ccc([PH+](CC[PH+](c2ccccc2)c2ccccc2)c2ccccc2)cc1.c1ccc([PH+](CC[PH+](c2ccccc2)c2ccccc2)c2ccccc2)cc1. The average Bonchev–Trinajstić information content (AvgIpc) is 1.62. The van der Waals surface area contributed by atoms with Crippen LogP contribution in [0.15, 0.2) is 315 Å². The fourth-order valence-electron chi connectivity index (χ4n) is 12.2. The molecule has 96 heavy (non-hydrogen) atoms. The molecule has 0 atom stereocenters. The zero-order valence-corrected chi connectivity index (χ0v) is 65.6. The number of hydrogen-bond acceptors (Lipinski definition) is 0. The van der Waals surface area contributed by atoms with Crippen molar-refractivity contribution >= 4 is 118 Å². The van der Waals surface area contributed by atoms with Crippen LogP contribution < -0.4 is 42.4 Å². The van der Waals surface area contributed by atoms with Crippen LogP contribution in [0.1, 0.15) is 22.3 Å². The molecule has 2 aromatic heterocycles. The van der Waals surface area contributed by atoms with Crippen molar-refractivity contribution in [1.29, 1.82) is 0 Å². The summed E-state index contributed by atoms with van der Waals surface area (Å²) in [7, 11) is 0.851. The molecule has 484 valence electrons. The first kappa shape index (κ1) is 76.5. The molecule has 10 heteroatoms. The third kappa shape index (κ3) is 19.3. The third-order valence-electron chi connectivity index (χ3n) is 16.8. The van der Waals surface area contributed by atoms with Gasteiger partial charge in [-0.3, -0.25) is 23.7 Å². The van der Waals surface area contributed by atoms with E-state index < -0.39 is 31.7 Å². The second-order valence-corrected chi connectivity index (χ2v) is 32.8. The van der Waals surface area contributed by atoms with Gasteiger partial charge in [0.25, 0.3) is 0 Å². The van der Waals surface area contributed by atoms with Crippen molar-refractivity contribution in [3.8, 4) is 23.7 Å². The molecule has 0 aliphatic rings. The normalized spacial score (nSPS) is 10.4. The molecule has 0 aliphatic heterocycles. The minimum Gasteiger partial charge on any atom is -0.366 e. The molecule has 12 aromatic carbocycles. The minimum atomic E-state index is -0.783. The van der Waals surface area contributed by atoms with Crippen LogP contribution in [-0.2, 0) is 104 Å². The van der Waals surface area contributed by atoms with Crippen LogP contribution >= 0.6 is 31.7 Å². The summed E-state index contributed by atoms with van der Waals surface area (Å²) in [5, 5.41) is 16.7. The Morgan fingerprint density at radius 1 is 0.229 bits per heavy atom. The van der Waals surface area contributed by atoms with Crippen molar-refractivity contribution < 1.29 is 89.5 Å². The monoisotopic (exact) mass is 2040 g/mol. The first-order chi connectivity index (χ1) is 45.3. The van der Waals surface area contributed by atoms with Gasteiger partial charge in [-0.25, -0.2) is 0 Å². The van der Waals surface area contributed by atoms with Gasteiger partial charge in [0.2, 0.25) is 0 Å². The number of rotatable bonds is 14. The van der Waals surface area contributed by atoms with Crippen LogP contribution in [0.25, 0.3) is 43.6 Å². The summed E-state index contributed by atoms with van der Waals surface area (Å²) in [5.41, 5.74) is 7.38. The van der Waals surface area contributed by atoms with Crippen LogP contribution in [0.3, 0.4) is 0 Å². The molecule has 2 heterocycles. The van der Waals surface area contributed by atoms with Crippen molar-refractivity contribution in [2.75, 3.05) is 24.6 Å². The van der Waals surface area contributed by atoms with E-state index in [1.54, 1.807) is 0 Å². The Balaban J connectivity index is 0.000000182. The van der Waals surface area contributed by atoms with E-state index in [4.69, 9.17) is 25.7 Å². The Labute approximate surface area is 635 Å². The molecule has 0 amide bonds. The van der Waals surface area contributed by atoms with Crippen LogP contribution in [-0.4, -0.2) is 33.8 Å². The van der Waals surface area contributed by atoms with E-state index in [9.17, 15) is 0 Å². The van der Waals surface area contributed by atoms with E-state index in [0.717, 1.165) is 65.9 Å². The molecule has 0 saturated heterocycles. The van der Waals surface area contributed by atoms with Gasteiger partial charge in [0.05, 0.1) is 74.1 Å². The van der Waals surface area contributed by atoms with Crippen LogP contribution in [0, 0.1) is 49.4 Å². The van der Waals surface area contributed by atoms with Gasteiger partial charge in [-0.1, -0.05) is 170 Å². The Hall–Kier alpha value is -6.84. The second-order valence-electron chi connectivity index (χ2n) is 22.4. The average molecular weight is 2040 g/mol. The Morgan fingerprint density at radius 2 is 0.375 bits per heavy atom. The maximum absolute atomic E-state index is 7.19. The summed E-state index contributed by atoms with van der Waals surface area (Å²) in [6.07, 6.45) is 33.8. The van der Waals surface area contributed by atoms with Gasteiger partial charge in [0.1, 0.15) is 24.6 Å². The zero-order chi connectivity index (χ0) is 63.4. The van der Waals surface area contributed by atoms with E-state index in [-0.39, 0.29) is 89.5 Å². The van der Waals surface area contributed by atoms with Crippen molar-refractivity contribution in [3.05, 3.63) is 363 Å². The number of benzene rings is 12. The predicted molar refractivity (Wildman–Crippen MR) is 407 cm³/mol. The van der Waals surface area contributed by atoms with Gasteiger partial charge in [0.15, 0.2) is 0 Å². The first-order valence-electron chi connectivity index (χ1n) is 30.9. The fraction of sp³-hybridized carbons (Fsp3) is 0.0698. The maximum atomic E-state index is 7.19. The van der Waals surface area contributed by atoms with Crippen LogP contribution in [0.5, 0.6) is 0 Å². The van der Waals surface area contributed by atoms with E-state index in [1.165, 1.54) is 67.1 Å². The summed E-state index contributed by atoms with van der Waals surface area (Å²) < 4.78 is 4.15. The standard InChI is InChI=1S/2C26H24P2.2C17H9N.4Au/c2*1-5-13-23(14-6-1)27(24-15-7-2-8-16-24)21-22-28(25-17-9-3-10-18-25)26-19-11-4-12-20-26;2*1-4-12-6-8-14-15-9-7-13(5-2)11-17(15)18(3)16(14)10-12;;;;/h2*1-20H,21-22H2;2*6-11H,3H3;;;;/q;;2*-2;4*+1/p+4. The summed E-state index contributed by atoms with van der Waals surface area (Å²) in [5.74, 6) is 9.63. The van der Waals surface area contributed by atoms with E-state index in [0.29, 0.717) is 0 Å². The Morgan fingerprint density at radius 3 is 0.510 bits per heavy atom. The molecule has 0 fully saturated rings. The Kier molecular flexibility index (Phi) is 31.0. The molecule has 2 nitrogen and oxygen atoms in total. The van der Waals surface area contributed by atoms with Gasteiger partial charge in [0, 0.05) is 57.7 Å². The summed E-state index contributed by atoms with van der Waals surface area (Å²) in [4.78, 5) is 0. The van der Waals surface area contributed by atoms with Gasteiger partial charge in [-0.05, 0) is 97.1 Å². The molecule has 0 aliphatic carbocycles. The molecular weight excluding hydrogens is 1970 g/mol. The van der Waals surface area contributed by atoms with E-state index in [2.05, 4.69) is 275 Å². The largest absolute Gasteiger partial charge is 1.00 e. The van der Waals surface area contributed by atoms with Crippen molar-refractivity contribution in [2.45, 2.75) is 0 Å². The first-order valence-corrected chi connectivity index (χ1v) is 37.8. The molecule has 0 N–H and O–H groups in total. The van der Waals surface area contributed by atoms with Crippen LogP contribution in [0.4, 0.5) is 0 Å². The number of aromatic nitrogens is 2. The number of fused-ring (bicyclic) bond motifs is 6. The van der Waals surface area contributed by atoms with Crippen molar-refractivity contribution in [2.24, 2.45) is 14.1 Å². The van der Waals surface area contributed by atoms with Crippen molar-refractivity contribution in [1.82, 2.24) is 9.13 Å². The summed E-state index contributed by atoms with van der Waals surface area (Å²) >= 11 is 0. The minimum absolute atomic E-state index is 0. The number of hydrogen-bond donors (Lipinski definition) is 0. The molecular formula is C86H70Au4N2P4+4.